The van der Waals surface area contributed by atoms with Crippen molar-refractivity contribution in [2.24, 2.45) is 5.10 Å². The Morgan fingerprint density at radius 3 is 2.21 bits per heavy atom. The van der Waals surface area contributed by atoms with Gasteiger partial charge in [0.25, 0.3) is 10.0 Å². The van der Waals surface area contributed by atoms with Gasteiger partial charge < -0.3 is 0 Å². The van der Waals surface area contributed by atoms with Crippen molar-refractivity contribution in [3.05, 3.63) is 95.6 Å². The van der Waals surface area contributed by atoms with E-state index in [1.54, 1.807) is 30.3 Å². The number of hydrogen-bond acceptors (Lipinski definition) is 5. The van der Waals surface area contributed by atoms with Crippen LogP contribution in [-0.4, -0.2) is 32.7 Å². The van der Waals surface area contributed by atoms with Crippen molar-refractivity contribution in [1.29, 1.82) is 0 Å². The third kappa shape index (κ3) is 4.95. The summed E-state index contributed by atoms with van der Waals surface area (Å²) < 4.78 is 81.3. The molecule has 34 heavy (non-hydrogen) atoms. The van der Waals surface area contributed by atoms with E-state index in [4.69, 9.17) is 0 Å². The number of benzene rings is 3. The van der Waals surface area contributed by atoms with Crippen molar-refractivity contribution < 1.29 is 25.6 Å². The maximum absolute atomic E-state index is 13.9. The summed E-state index contributed by atoms with van der Waals surface area (Å²) in [6.45, 7) is 1.52. The van der Waals surface area contributed by atoms with Gasteiger partial charge in [0.2, 0.25) is 10.0 Å². The Hall–Kier alpha value is -3.31. The Labute approximate surface area is 196 Å². The Kier molecular flexibility index (Phi) is 6.41. The van der Waals surface area contributed by atoms with E-state index in [1.807, 2.05) is 0 Å². The van der Waals surface area contributed by atoms with Crippen molar-refractivity contribution in [3.63, 3.8) is 0 Å². The predicted octanol–water partition coefficient (Wildman–Crippen LogP) is 4.27. The molecule has 178 valence electrons. The molecule has 1 N–H and O–H groups in total. The van der Waals surface area contributed by atoms with Crippen molar-refractivity contribution in [3.8, 4) is 0 Å². The zero-order valence-corrected chi connectivity index (χ0v) is 19.7. The molecule has 0 aromatic heterocycles. The van der Waals surface area contributed by atoms with Gasteiger partial charge in [0.15, 0.2) is 0 Å². The van der Waals surface area contributed by atoms with Gasteiger partial charge in [-0.25, -0.2) is 17.2 Å². The lowest BCUT2D eigenvalue weighted by Crippen LogP contribution is -2.27. The van der Waals surface area contributed by atoms with Gasteiger partial charge >= 0.3 is 0 Å². The van der Waals surface area contributed by atoms with Gasteiger partial charge in [-0.05, 0) is 60.5 Å². The Balaban J connectivity index is 1.73. The summed E-state index contributed by atoms with van der Waals surface area (Å²) in [6, 6.07) is 15.6. The van der Waals surface area contributed by atoms with Crippen LogP contribution in [0.3, 0.4) is 0 Å². The van der Waals surface area contributed by atoms with Crippen LogP contribution in [-0.2, 0) is 20.0 Å². The van der Waals surface area contributed by atoms with Crippen molar-refractivity contribution >= 4 is 31.4 Å². The zero-order valence-electron chi connectivity index (χ0n) is 18.0. The number of anilines is 1. The van der Waals surface area contributed by atoms with E-state index in [0.717, 1.165) is 16.5 Å². The molecule has 0 saturated carbocycles. The molecular formula is C23H21F2N3O4S2. The van der Waals surface area contributed by atoms with E-state index in [1.165, 1.54) is 37.3 Å². The molecule has 0 unspecified atom stereocenters. The van der Waals surface area contributed by atoms with E-state index in [9.17, 15) is 25.6 Å². The van der Waals surface area contributed by atoms with E-state index in [2.05, 4.69) is 9.82 Å². The zero-order chi connectivity index (χ0) is 24.5. The largest absolute Gasteiger partial charge is 0.284 e. The number of rotatable bonds is 7. The summed E-state index contributed by atoms with van der Waals surface area (Å²) in [5, 5.41) is 4.32. The lowest BCUT2D eigenvalue weighted by atomic mass is 9.99. The van der Waals surface area contributed by atoms with Crippen LogP contribution in [0.4, 0.5) is 14.5 Å². The van der Waals surface area contributed by atoms with Crippen molar-refractivity contribution in [2.45, 2.75) is 24.3 Å². The molecular weight excluding hydrogens is 484 g/mol. The van der Waals surface area contributed by atoms with Crippen LogP contribution in [0.2, 0.25) is 0 Å². The number of sulfonamides is 2. The molecule has 0 amide bonds. The SMILES string of the molecule is CCS(=O)(=O)Nc1ccc(C2=NN(S(=O)(=O)c3cccc(F)c3)[C@H](c3cccc(F)c3)C2)cc1. The highest BCUT2D eigenvalue weighted by Gasteiger charge is 2.38. The predicted molar refractivity (Wildman–Crippen MR) is 125 cm³/mol. The molecule has 0 saturated heterocycles. The third-order valence-electron chi connectivity index (χ3n) is 5.32. The number of halogens is 2. The van der Waals surface area contributed by atoms with Gasteiger partial charge in [-0.2, -0.15) is 17.9 Å². The van der Waals surface area contributed by atoms with Crippen LogP contribution >= 0.6 is 0 Å². The second-order valence-corrected chi connectivity index (χ2v) is 11.4. The lowest BCUT2D eigenvalue weighted by molar-refractivity contribution is 0.370. The monoisotopic (exact) mass is 505 g/mol. The topological polar surface area (TPSA) is 95.9 Å². The Morgan fingerprint density at radius 1 is 0.941 bits per heavy atom. The first-order chi connectivity index (χ1) is 16.1. The average molecular weight is 506 g/mol. The number of hydrazone groups is 1. The average Bonchev–Trinajstić information content (AvgIpc) is 3.26. The molecule has 0 bridgehead atoms. The minimum Gasteiger partial charge on any atom is -0.284 e. The molecule has 1 atom stereocenters. The van der Waals surface area contributed by atoms with E-state index < -0.39 is 37.7 Å². The van der Waals surface area contributed by atoms with E-state index in [-0.39, 0.29) is 17.1 Å². The van der Waals surface area contributed by atoms with Crippen LogP contribution in [0.15, 0.2) is 82.8 Å². The molecule has 0 aliphatic carbocycles. The summed E-state index contributed by atoms with van der Waals surface area (Å²) >= 11 is 0. The first kappa shape index (κ1) is 23.8. The molecule has 11 heteroatoms. The summed E-state index contributed by atoms with van der Waals surface area (Å²) in [5.74, 6) is -1.32. The molecule has 0 spiro atoms. The van der Waals surface area contributed by atoms with E-state index in [0.29, 0.717) is 22.5 Å². The normalized spacial score (nSPS) is 16.4. The molecule has 7 nitrogen and oxygen atoms in total. The third-order valence-corrected chi connectivity index (χ3v) is 8.30. The molecule has 0 fully saturated rings. The smallest absolute Gasteiger partial charge is 0.279 e. The van der Waals surface area contributed by atoms with Crippen LogP contribution in [0.1, 0.15) is 30.5 Å². The molecule has 1 aliphatic rings. The molecule has 0 radical (unpaired) electrons. The minimum absolute atomic E-state index is 0.0797. The molecule has 4 rings (SSSR count). The molecule has 1 heterocycles. The van der Waals surface area contributed by atoms with Crippen LogP contribution < -0.4 is 4.72 Å². The van der Waals surface area contributed by atoms with Gasteiger partial charge in [0.1, 0.15) is 11.6 Å². The second kappa shape index (κ2) is 9.15. The number of hydrogen-bond donors (Lipinski definition) is 1. The molecule has 1 aliphatic heterocycles. The highest BCUT2D eigenvalue weighted by molar-refractivity contribution is 7.92. The second-order valence-electron chi connectivity index (χ2n) is 7.64. The van der Waals surface area contributed by atoms with Crippen molar-refractivity contribution in [2.75, 3.05) is 10.5 Å². The van der Waals surface area contributed by atoms with Crippen LogP contribution in [0, 0.1) is 11.6 Å². The molecule has 3 aromatic carbocycles. The maximum Gasteiger partial charge on any atom is 0.279 e. The van der Waals surface area contributed by atoms with Gasteiger partial charge in [0.05, 0.1) is 22.4 Å². The fraction of sp³-hybridized carbons (Fsp3) is 0.174. The van der Waals surface area contributed by atoms with Gasteiger partial charge in [-0.15, -0.1) is 0 Å². The maximum atomic E-state index is 13.9. The Bertz CT molecular complexity index is 1460. The van der Waals surface area contributed by atoms with Gasteiger partial charge in [0, 0.05) is 12.1 Å². The van der Waals surface area contributed by atoms with Gasteiger partial charge in [-0.1, -0.05) is 30.3 Å². The Morgan fingerprint density at radius 2 is 1.59 bits per heavy atom. The highest BCUT2D eigenvalue weighted by Crippen LogP contribution is 2.37. The van der Waals surface area contributed by atoms with Crippen LogP contribution in [0.25, 0.3) is 0 Å². The summed E-state index contributed by atoms with van der Waals surface area (Å²) in [4.78, 5) is -0.275. The number of nitrogens with zero attached hydrogens (tertiary/aromatic N) is 2. The minimum atomic E-state index is -4.26. The highest BCUT2D eigenvalue weighted by atomic mass is 32.2. The van der Waals surface area contributed by atoms with Crippen LogP contribution in [0.5, 0.6) is 0 Å². The van der Waals surface area contributed by atoms with E-state index >= 15 is 0 Å². The lowest BCUT2D eigenvalue weighted by Gasteiger charge is -2.23. The quantitative estimate of drug-likeness (QED) is 0.519. The standard InChI is InChI=1S/C23H21F2N3O4S2/c1-2-33(29,30)27-20-11-9-16(10-12-20)22-15-23(17-5-3-6-18(24)13-17)28(26-22)34(31,32)21-8-4-7-19(25)14-21/h3-14,23,27H,2,15H2,1H3/t23-/m0/s1. The fourth-order valence-electron chi connectivity index (χ4n) is 3.56. The summed E-state index contributed by atoms with van der Waals surface area (Å²) in [7, 11) is -7.71. The van der Waals surface area contributed by atoms with Gasteiger partial charge in [-0.3, -0.25) is 4.72 Å². The number of nitrogens with one attached hydrogen (secondary N) is 1. The first-order valence-corrected chi connectivity index (χ1v) is 13.4. The summed E-state index contributed by atoms with van der Waals surface area (Å²) in [6.07, 6.45) is 0.137. The summed E-state index contributed by atoms with van der Waals surface area (Å²) in [5.41, 5.74) is 1.72. The first-order valence-electron chi connectivity index (χ1n) is 10.3. The van der Waals surface area contributed by atoms with Crippen molar-refractivity contribution in [1.82, 2.24) is 4.41 Å². The molecule has 3 aromatic rings. The fourth-order valence-corrected chi connectivity index (χ4v) is 5.67.